The van der Waals surface area contributed by atoms with Crippen molar-refractivity contribution in [2.24, 2.45) is 0 Å². The normalized spacial score (nSPS) is 17.2. The molecule has 194 valence electrons. The van der Waals surface area contributed by atoms with Crippen molar-refractivity contribution < 1.29 is 14.5 Å². The van der Waals surface area contributed by atoms with E-state index in [4.69, 9.17) is 16.3 Å². The number of likely N-dealkylation sites (tertiary alicyclic amines) is 1. The molecule has 0 aliphatic carbocycles. The maximum absolute atomic E-state index is 12.8. The quantitative estimate of drug-likeness (QED) is 0.394. The van der Waals surface area contributed by atoms with Crippen LogP contribution in [-0.4, -0.2) is 79.1 Å². The van der Waals surface area contributed by atoms with Crippen LogP contribution in [0.3, 0.4) is 0 Å². The second-order valence-electron chi connectivity index (χ2n) is 9.23. The van der Waals surface area contributed by atoms with Crippen molar-refractivity contribution in [3.05, 3.63) is 57.6 Å². The highest BCUT2D eigenvalue weighted by Gasteiger charge is 2.25. The van der Waals surface area contributed by atoms with Gasteiger partial charge in [0.2, 0.25) is 5.91 Å². The van der Waals surface area contributed by atoms with E-state index in [2.05, 4.69) is 27.2 Å². The number of anilines is 2. The van der Waals surface area contributed by atoms with Gasteiger partial charge in [-0.2, -0.15) is 0 Å². The molecule has 9 nitrogen and oxygen atoms in total. The second kappa shape index (κ2) is 12.3. The molecule has 1 amide bonds. The van der Waals surface area contributed by atoms with Crippen molar-refractivity contribution in [1.29, 1.82) is 0 Å². The summed E-state index contributed by atoms with van der Waals surface area (Å²) in [5, 5.41) is 15.4. The number of ether oxygens (including phenoxy) is 1. The summed E-state index contributed by atoms with van der Waals surface area (Å²) in [4.78, 5) is 30.3. The highest BCUT2D eigenvalue weighted by atomic mass is 35.5. The van der Waals surface area contributed by atoms with Crippen molar-refractivity contribution >= 4 is 34.6 Å². The monoisotopic (exact) mass is 515 g/mol. The van der Waals surface area contributed by atoms with E-state index >= 15 is 0 Å². The summed E-state index contributed by atoms with van der Waals surface area (Å²) < 4.78 is 5.44. The van der Waals surface area contributed by atoms with E-state index in [1.165, 1.54) is 11.8 Å². The first-order valence-electron chi connectivity index (χ1n) is 12.6. The van der Waals surface area contributed by atoms with Crippen LogP contribution in [0.1, 0.15) is 26.2 Å². The van der Waals surface area contributed by atoms with Gasteiger partial charge in [0.15, 0.2) is 5.75 Å². The number of rotatable bonds is 9. The number of halogens is 1. The molecule has 2 aliphatic rings. The number of nitrogens with zero attached hydrogens (tertiary/aromatic N) is 4. The number of carbonyl (C=O) groups is 1. The van der Waals surface area contributed by atoms with Crippen LogP contribution in [0.15, 0.2) is 42.5 Å². The molecule has 2 aliphatic heterocycles. The number of amides is 1. The van der Waals surface area contributed by atoms with E-state index in [0.717, 1.165) is 56.3 Å². The van der Waals surface area contributed by atoms with Gasteiger partial charge >= 0.3 is 5.69 Å². The minimum atomic E-state index is -0.432. The molecular formula is C26H34ClN5O4. The third-order valence-corrected chi connectivity index (χ3v) is 7.13. The average molecular weight is 516 g/mol. The van der Waals surface area contributed by atoms with Crippen LogP contribution in [0.5, 0.6) is 5.75 Å². The first-order valence-corrected chi connectivity index (χ1v) is 13.0. The molecule has 4 rings (SSSR count). The number of piperidine rings is 1. The summed E-state index contributed by atoms with van der Waals surface area (Å²) >= 11 is 5.99. The van der Waals surface area contributed by atoms with Crippen molar-refractivity contribution in [1.82, 2.24) is 9.80 Å². The lowest BCUT2D eigenvalue weighted by Crippen LogP contribution is -2.48. The lowest BCUT2D eigenvalue weighted by atomic mass is 10.0. The number of hydrogen-bond acceptors (Lipinski definition) is 7. The van der Waals surface area contributed by atoms with Crippen molar-refractivity contribution in [2.75, 3.05) is 62.6 Å². The van der Waals surface area contributed by atoms with Gasteiger partial charge < -0.3 is 19.9 Å². The topological polar surface area (TPSA) is 91.2 Å². The van der Waals surface area contributed by atoms with E-state index in [-0.39, 0.29) is 23.4 Å². The van der Waals surface area contributed by atoms with Gasteiger partial charge in [-0.3, -0.25) is 19.8 Å². The van der Waals surface area contributed by atoms with E-state index in [0.29, 0.717) is 26.1 Å². The highest BCUT2D eigenvalue weighted by Crippen LogP contribution is 2.31. The fraction of sp³-hybridized carbons (Fsp3) is 0.500. The Morgan fingerprint density at radius 2 is 1.78 bits per heavy atom. The lowest BCUT2D eigenvalue weighted by Gasteiger charge is -2.37. The van der Waals surface area contributed by atoms with Crippen LogP contribution < -0.4 is 15.0 Å². The lowest BCUT2D eigenvalue weighted by molar-refractivity contribution is -0.385. The Kier molecular flexibility index (Phi) is 8.88. The molecule has 2 heterocycles. The van der Waals surface area contributed by atoms with Gasteiger partial charge in [0.1, 0.15) is 0 Å². The van der Waals surface area contributed by atoms with Gasteiger partial charge in [-0.05, 0) is 50.1 Å². The largest absolute Gasteiger partial charge is 0.487 e. The Morgan fingerprint density at radius 1 is 1.08 bits per heavy atom. The molecule has 0 radical (unpaired) electrons. The van der Waals surface area contributed by atoms with Gasteiger partial charge in [0.05, 0.1) is 11.5 Å². The standard InChI is InChI=1S/C26H34ClN5O4/c1-2-36-25-19-22(5-8-24(25)32(34)35)28-21-9-13-31(14-10-21)26(33)11-12-29-15-17-30(18-16-29)23-6-3-20(27)4-7-23/h3-8,19,21,28H,2,9-18H2,1H3. The zero-order valence-electron chi connectivity index (χ0n) is 20.7. The van der Waals surface area contributed by atoms with E-state index in [9.17, 15) is 14.9 Å². The smallest absolute Gasteiger partial charge is 0.311 e. The molecule has 2 fully saturated rings. The van der Waals surface area contributed by atoms with Gasteiger partial charge in [-0.15, -0.1) is 0 Å². The Bertz CT molecular complexity index is 1040. The molecule has 2 aromatic rings. The van der Waals surface area contributed by atoms with Gasteiger partial charge in [-0.1, -0.05) is 11.6 Å². The maximum atomic E-state index is 12.8. The third kappa shape index (κ3) is 6.79. The first-order chi connectivity index (χ1) is 17.4. The number of carbonyl (C=O) groups excluding carboxylic acids is 1. The summed E-state index contributed by atoms with van der Waals surface area (Å²) in [6.07, 6.45) is 2.22. The number of benzene rings is 2. The number of piperazine rings is 1. The van der Waals surface area contributed by atoms with E-state index < -0.39 is 4.92 Å². The zero-order valence-corrected chi connectivity index (χ0v) is 21.5. The molecule has 0 aromatic heterocycles. The molecule has 2 saturated heterocycles. The van der Waals surface area contributed by atoms with Crippen molar-refractivity contribution in [3.8, 4) is 5.75 Å². The summed E-state index contributed by atoms with van der Waals surface area (Å²) in [5.41, 5.74) is 1.95. The Labute approximate surface area is 217 Å². The number of nitrogens with one attached hydrogen (secondary N) is 1. The Hall–Kier alpha value is -3.04. The van der Waals surface area contributed by atoms with Crippen LogP contribution in [-0.2, 0) is 4.79 Å². The van der Waals surface area contributed by atoms with Gasteiger partial charge in [0.25, 0.3) is 0 Å². The first kappa shape index (κ1) is 26.0. The third-order valence-electron chi connectivity index (χ3n) is 6.88. The SMILES string of the molecule is CCOc1cc(NC2CCN(C(=O)CCN3CCN(c4ccc(Cl)cc4)CC3)CC2)ccc1[N+](=O)[O-]. The Morgan fingerprint density at radius 3 is 2.42 bits per heavy atom. The second-order valence-corrected chi connectivity index (χ2v) is 9.66. The molecule has 0 spiro atoms. The van der Waals surface area contributed by atoms with Gasteiger partial charge in [0, 0.05) is 86.8 Å². The molecule has 0 bridgehead atoms. The molecule has 2 aromatic carbocycles. The van der Waals surface area contributed by atoms with E-state index in [1.807, 2.05) is 17.0 Å². The minimum absolute atomic E-state index is 0.0331. The predicted octanol–water partition coefficient (Wildman–Crippen LogP) is 4.26. The minimum Gasteiger partial charge on any atom is -0.487 e. The molecule has 0 atom stereocenters. The molecule has 0 saturated carbocycles. The van der Waals surface area contributed by atoms with E-state index in [1.54, 1.807) is 19.1 Å². The fourth-order valence-electron chi connectivity index (χ4n) is 4.83. The molecule has 36 heavy (non-hydrogen) atoms. The Balaban J connectivity index is 1.18. The van der Waals surface area contributed by atoms with Crippen LogP contribution in [0.25, 0.3) is 0 Å². The van der Waals surface area contributed by atoms with Gasteiger partial charge in [-0.25, -0.2) is 0 Å². The molecule has 10 heteroatoms. The van der Waals surface area contributed by atoms with Crippen LogP contribution >= 0.6 is 11.6 Å². The van der Waals surface area contributed by atoms with Crippen LogP contribution in [0.4, 0.5) is 17.1 Å². The average Bonchev–Trinajstić information content (AvgIpc) is 2.89. The predicted molar refractivity (Wildman–Crippen MR) is 142 cm³/mol. The summed E-state index contributed by atoms with van der Waals surface area (Å²) in [6.45, 7) is 8.16. The number of nitro groups is 1. The molecule has 1 N–H and O–H groups in total. The molecule has 0 unspecified atom stereocenters. The number of nitro benzene ring substituents is 1. The van der Waals surface area contributed by atoms with Crippen molar-refractivity contribution in [2.45, 2.75) is 32.2 Å². The summed E-state index contributed by atoms with van der Waals surface area (Å²) in [7, 11) is 0. The van der Waals surface area contributed by atoms with Crippen molar-refractivity contribution in [3.63, 3.8) is 0 Å². The maximum Gasteiger partial charge on any atom is 0.311 e. The highest BCUT2D eigenvalue weighted by molar-refractivity contribution is 6.30. The summed E-state index contributed by atoms with van der Waals surface area (Å²) in [6, 6.07) is 13.0. The molecular weight excluding hydrogens is 482 g/mol. The summed E-state index contributed by atoms with van der Waals surface area (Å²) in [5.74, 6) is 0.483. The van der Waals surface area contributed by atoms with Crippen LogP contribution in [0, 0.1) is 10.1 Å². The fourth-order valence-corrected chi connectivity index (χ4v) is 4.95. The zero-order chi connectivity index (χ0) is 25.5. The number of hydrogen-bond donors (Lipinski definition) is 1. The van der Waals surface area contributed by atoms with Crippen LogP contribution in [0.2, 0.25) is 5.02 Å².